The Morgan fingerprint density at radius 1 is 0.216 bits per heavy atom. The lowest BCUT2D eigenvalue weighted by Gasteiger charge is -2.42. The molecule has 3 aliphatic heterocycles. The van der Waals surface area contributed by atoms with Crippen LogP contribution in [0.1, 0.15) is 74.9 Å². The summed E-state index contributed by atoms with van der Waals surface area (Å²) in [6.45, 7) is 14.0. The number of anilines is 9. The van der Waals surface area contributed by atoms with E-state index in [4.69, 9.17) is 29.9 Å². The lowest BCUT2D eigenvalue weighted by Crippen LogP contribution is -2.30. The minimum Gasteiger partial charge on any atom is -0.310 e. The first-order valence-electron chi connectivity index (χ1n) is 38.1. The molecule has 6 aromatic heterocycles. The van der Waals surface area contributed by atoms with E-state index in [2.05, 4.69) is 361 Å². The molecule has 0 saturated heterocycles. The van der Waals surface area contributed by atoms with Gasteiger partial charge in [-0.05, 0) is 179 Å². The molecule has 0 spiro atoms. The van der Waals surface area contributed by atoms with E-state index in [0.29, 0.717) is 17.5 Å². The molecule has 0 N–H and O–H groups in total. The summed E-state index contributed by atoms with van der Waals surface area (Å²) >= 11 is 0. The molecule has 0 saturated carbocycles. The van der Waals surface area contributed by atoms with Crippen molar-refractivity contribution in [3.8, 4) is 51.6 Å². The Kier molecular flexibility index (Phi) is 13.8. The van der Waals surface area contributed by atoms with E-state index in [1.54, 1.807) is 0 Å². The van der Waals surface area contributed by atoms with E-state index < -0.39 is 0 Å². The molecule has 528 valence electrons. The molecule has 0 bridgehead atoms. The second kappa shape index (κ2) is 23.9. The number of aromatic nitrogens is 9. The van der Waals surface area contributed by atoms with Crippen LogP contribution in [0.15, 0.2) is 328 Å². The number of fused-ring (bicyclic) bond motifs is 15. The van der Waals surface area contributed by atoms with E-state index in [0.717, 1.165) is 117 Å². The number of rotatable bonds is 9. The second-order valence-corrected chi connectivity index (χ2v) is 31.2. The summed E-state index contributed by atoms with van der Waals surface area (Å²) in [5, 5.41) is 6.68. The van der Waals surface area contributed by atoms with E-state index in [-0.39, 0.29) is 16.2 Å². The molecular weight excluding hydrogens is 1360 g/mol. The van der Waals surface area contributed by atoms with Crippen LogP contribution in [0.5, 0.6) is 0 Å². The fraction of sp³-hybridized carbons (Fsp3) is 0.0909. The molecule has 0 amide bonds. The van der Waals surface area contributed by atoms with E-state index >= 15 is 0 Å². The van der Waals surface area contributed by atoms with Crippen molar-refractivity contribution in [3.63, 3.8) is 0 Å². The number of nitrogens with zero attached hydrogens (tertiary/aromatic N) is 12. The average Bonchev–Trinajstić information content (AvgIpc) is 1.72. The zero-order chi connectivity index (χ0) is 74.2. The molecule has 0 atom stereocenters. The first kappa shape index (κ1) is 64.1. The van der Waals surface area contributed by atoms with Gasteiger partial charge < -0.3 is 14.7 Å². The maximum Gasteiger partial charge on any atom is 0.161 e. The molecule has 9 heterocycles. The molecule has 0 radical (unpaired) electrons. The van der Waals surface area contributed by atoms with Crippen molar-refractivity contribution in [1.29, 1.82) is 0 Å². The van der Waals surface area contributed by atoms with Gasteiger partial charge in [-0.25, -0.2) is 29.9 Å². The second-order valence-electron chi connectivity index (χ2n) is 31.2. The molecule has 12 nitrogen and oxygen atoms in total. The zero-order valence-corrected chi connectivity index (χ0v) is 62.0. The third-order valence-electron chi connectivity index (χ3n) is 24.0. The van der Waals surface area contributed by atoms with Crippen LogP contribution in [0.2, 0.25) is 0 Å². The average molecular weight is 1430 g/mol. The highest BCUT2D eigenvalue weighted by Gasteiger charge is 2.40. The number of para-hydroxylation sites is 9. The maximum absolute atomic E-state index is 5.59. The first-order valence-corrected chi connectivity index (χ1v) is 38.1. The Labute approximate surface area is 641 Å². The highest BCUT2D eigenvalue weighted by atomic mass is 15.2. The van der Waals surface area contributed by atoms with Gasteiger partial charge >= 0.3 is 0 Å². The maximum atomic E-state index is 5.59. The molecule has 22 rings (SSSR count). The van der Waals surface area contributed by atoms with Gasteiger partial charge in [0.25, 0.3) is 0 Å². The molecule has 3 aliphatic rings. The normalized spacial score (nSPS) is 14.4. The van der Waals surface area contributed by atoms with Gasteiger partial charge in [0.05, 0.1) is 67.2 Å². The Hall–Kier alpha value is -14.1. The summed E-state index contributed by atoms with van der Waals surface area (Å²) in [7, 11) is 0. The van der Waals surface area contributed by atoms with Gasteiger partial charge in [-0.1, -0.05) is 205 Å². The van der Waals surface area contributed by atoms with Crippen LogP contribution >= 0.6 is 0 Å². The van der Waals surface area contributed by atoms with Crippen molar-refractivity contribution >= 4 is 117 Å². The van der Waals surface area contributed by atoms with E-state index in [1.807, 2.05) is 36.8 Å². The Bertz CT molecular complexity index is 6300. The smallest absolute Gasteiger partial charge is 0.161 e. The van der Waals surface area contributed by atoms with E-state index in [1.165, 1.54) is 67.5 Å². The summed E-state index contributed by atoms with van der Waals surface area (Å²) in [5.41, 5.74) is 25.8. The van der Waals surface area contributed by atoms with Crippen LogP contribution in [0.25, 0.3) is 117 Å². The topological polar surface area (TPSA) is 102 Å². The van der Waals surface area contributed by atoms with Gasteiger partial charge in [0.2, 0.25) is 0 Å². The molecule has 0 fully saturated rings. The highest BCUT2D eigenvalue weighted by Crippen LogP contribution is 2.56. The summed E-state index contributed by atoms with van der Waals surface area (Å²) in [6, 6.07) is 112. The molecule has 0 aliphatic carbocycles. The third kappa shape index (κ3) is 9.53. The minimum atomic E-state index is -0.190. The summed E-state index contributed by atoms with van der Waals surface area (Å²) in [5.74, 6) is 3.69. The third-order valence-corrected chi connectivity index (χ3v) is 24.0. The molecule has 12 heteroatoms. The fourth-order valence-corrected chi connectivity index (χ4v) is 18.7. The Morgan fingerprint density at radius 2 is 0.441 bits per heavy atom. The molecule has 19 aromatic rings. The van der Waals surface area contributed by atoms with Gasteiger partial charge in [0.15, 0.2) is 17.5 Å². The van der Waals surface area contributed by atoms with Crippen LogP contribution in [-0.4, -0.2) is 43.6 Å². The van der Waals surface area contributed by atoms with Crippen LogP contribution in [-0.2, 0) is 16.2 Å². The molecular formula is C99H72N12. The zero-order valence-electron chi connectivity index (χ0n) is 62.0. The predicted octanol–water partition coefficient (Wildman–Crippen LogP) is 24.7. The van der Waals surface area contributed by atoms with Crippen molar-refractivity contribution in [1.82, 2.24) is 43.6 Å². The quantitative estimate of drug-likeness (QED) is 0.140. The summed E-state index contributed by atoms with van der Waals surface area (Å²) in [6.07, 6.45) is 5.60. The standard InChI is InChI=1S/C99H72N12/c1-97(2)73-28-10-19-37-85(73)106(86-38-20-11-29-74(86)97)64-43-46-82-70(58-64)67-25-7-16-34-79(67)109(82)91-49-52-100-94(103-91)61-55-62(95-101-53-50-92(104-95)110-80-35-17-8-26-68(80)71-59-65(44-47-83(71)110)107-87-39-21-12-30-75(87)98(3,4)76-31-13-22-40-88(76)107)57-63(56-61)96-102-54-51-93(105-96)111-81-36-18-9-27-69(81)72-60-66(45-48-84(72)111)108-89-41-23-14-32-77(89)99(5,6)78-33-15-24-42-90(78)108/h7-60H,1-6H3. The Balaban J connectivity index is 0.697. The lowest BCUT2D eigenvalue weighted by atomic mass is 9.73. The van der Waals surface area contributed by atoms with Crippen LogP contribution in [0, 0.1) is 0 Å². The summed E-state index contributed by atoms with van der Waals surface area (Å²) in [4.78, 5) is 39.5. The van der Waals surface area contributed by atoms with Crippen molar-refractivity contribution < 1.29 is 0 Å². The van der Waals surface area contributed by atoms with Gasteiger partial charge in [-0.2, -0.15) is 0 Å². The number of hydrogen-bond acceptors (Lipinski definition) is 9. The fourth-order valence-electron chi connectivity index (χ4n) is 18.7. The van der Waals surface area contributed by atoms with Crippen molar-refractivity contribution in [2.45, 2.75) is 57.8 Å². The minimum absolute atomic E-state index is 0.190. The highest BCUT2D eigenvalue weighted by molar-refractivity contribution is 6.14. The van der Waals surface area contributed by atoms with Crippen LogP contribution < -0.4 is 14.7 Å². The molecule has 13 aromatic carbocycles. The lowest BCUT2D eigenvalue weighted by molar-refractivity contribution is 0.632. The van der Waals surface area contributed by atoms with Crippen molar-refractivity contribution in [2.24, 2.45) is 0 Å². The first-order chi connectivity index (χ1) is 54.3. The van der Waals surface area contributed by atoms with Gasteiger partial charge in [-0.3, -0.25) is 13.7 Å². The van der Waals surface area contributed by atoms with Gasteiger partial charge in [-0.15, -0.1) is 0 Å². The van der Waals surface area contributed by atoms with Crippen molar-refractivity contribution in [3.05, 3.63) is 361 Å². The van der Waals surface area contributed by atoms with Gasteiger partial charge in [0.1, 0.15) is 17.5 Å². The van der Waals surface area contributed by atoms with Gasteiger partial charge in [0, 0.05) is 101 Å². The SMILES string of the molecule is CC1(C)c2ccccc2N(c2ccc3c(c2)c2ccccc2n3-c2ccnc(-c3cc(-c4nccc(-n5c6ccccc6c6cc(N7c8ccccc8C(C)(C)c8ccccc87)ccc65)n4)cc(-c4nccc(-n5c6ccccc6c6cc(N7c8ccccc8C(C)(C)c8ccccc87)ccc65)n4)c3)n2)c2ccccc21. The monoisotopic (exact) mass is 1430 g/mol. The predicted molar refractivity (Wildman–Crippen MR) is 453 cm³/mol. The molecule has 0 unspecified atom stereocenters. The van der Waals surface area contributed by atoms with Crippen molar-refractivity contribution in [2.75, 3.05) is 14.7 Å². The number of benzene rings is 13. The number of hydrogen-bond donors (Lipinski definition) is 0. The van der Waals surface area contributed by atoms with Crippen LogP contribution in [0.4, 0.5) is 51.2 Å². The van der Waals surface area contributed by atoms with Crippen LogP contribution in [0.3, 0.4) is 0 Å². The summed E-state index contributed by atoms with van der Waals surface area (Å²) < 4.78 is 6.80. The largest absolute Gasteiger partial charge is 0.310 e. The van der Waals surface area contributed by atoms with E-state index in [9.17, 15) is 0 Å². The molecule has 111 heavy (non-hydrogen) atoms. The Morgan fingerprint density at radius 3 is 0.703 bits per heavy atom.